The number of sulfone groups is 1. The Hall–Kier alpha value is -4.44. The van der Waals surface area contributed by atoms with Crippen LogP contribution < -0.4 is 15.2 Å². The Morgan fingerprint density at radius 3 is 2.23 bits per heavy atom. The number of hydrogen-bond donors (Lipinski definition) is 1. The van der Waals surface area contributed by atoms with Crippen LogP contribution in [0.2, 0.25) is 0 Å². The third-order valence-electron chi connectivity index (χ3n) is 5.52. The molecule has 0 amide bonds. The maximum absolute atomic E-state index is 13.7. The van der Waals surface area contributed by atoms with Gasteiger partial charge in [0.15, 0.2) is 5.65 Å². The second-order valence-corrected chi connectivity index (χ2v) is 9.46. The third-order valence-corrected chi connectivity index (χ3v) is 7.35. The Kier molecular flexibility index (Phi) is 5.58. The van der Waals surface area contributed by atoms with Crippen LogP contribution in [-0.2, 0) is 9.84 Å². The molecule has 0 bridgehead atoms. The van der Waals surface area contributed by atoms with Gasteiger partial charge in [0.25, 0.3) is 0 Å². The quantitative estimate of drug-likeness (QED) is 0.361. The van der Waals surface area contributed by atoms with Gasteiger partial charge in [-0.2, -0.15) is 9.78 Å². The summed E-state index contributed by atoms with van der Waals surface area (Å²) in [7, 11) is -0.999. The summed E-state index contributed by atoms with van der Waals surface area (Å²) < 4.78 is 39.3. The van der Waals surface area contributed by atoms with Gasteiger partial charge in [0.2, 0.25) is 9.84 Å². The number of anilines is 1. The molecule has 2 heterocycles. The number of nitrogens with zero attached hydrogens (tertiary/aromatic N) is 4. The first-order valence-corrected chi connectivity index (χ1v) is 12.1. The van der Waals surface area contributed by atoms with Crippen LogP contribution in [0, 0.1) is 0 Å². The Balaban J connectivity index is 1.77. The van der Waals surface area contributed by atoms with Gasteiger partial charge in [0, 0.05) is 5.56 Å². The number of aromatic nitrogens is 3. The molecular weight excluding hydrogens is 466 g/mol. The van der Waals surface area contributed by atoms with Crippen LogP contribution in [0.5, 0.6) is 11.5 Å². The lowest BCUT2D eigenvalue weighted by atomic mass is 10.2. The second-order valence-electron chi connectivity index (χ2n) is 7.58. The highest BCUT2D eigenvalue weighted by atomic mass is 32.2. The predicted molar refractivity (Wildman–Crippen MR) is 134 cm³/mol. The molecule has 2 N–H and O–H groups in total. The maximum Gasteiger partial charge on any atom is 0.212 e. The number of nitrogen functional groups attached to an aromatic ring is 1. The molecule has 0 radical (unpaired) electrons. The molecule has 35 heavy (non-hydrogen) atoms. The summed E-state index contributed by atoms with van der Waals surface area (Å²) in [5, 5.41) is 4.47. The van der Waals surface area contributed by atoms with Gasteiger partial charge in [-0.05, 0) is 48.5 Å². The Morgan fingerprint density at radius 2 is 1.54 bits per heavy atom. The van der Waals surface area contributed by atoms with Gasteiger partial charge >= 0.3 is 0 Å². The van der Waals surface area contributed by atoms with E-state index in [1.54, 1.807) is 43.5 Å². The van der Waals surface area contributed by atoms with Crippen molar-refractivity contribution in [2.75, 3.05) is 20.0 Å². The molecule has 176 valence electrons. The highest BCUT2D eigenvalue weighted by molar-refractivity contribution is 7.92. The fourth-order valence-electron chi connectivity index (χ4n) is 3.77. The average molecular weight is 488 g/mol. The van der Waals surface area contributed by atoms with E-state index < -0.39 is 9.84 Å². The molecule has 0 unspecified atom stereocenters. The van der Waals surface area contributed by atoms with E-state index in [4.69, 9.17) is 15.2 Å². The van der Waals surface area contributed by atoms with Gasteiger partial charge in [-0.25, -0.2) is 18.4 Å². The molecule has 10 heteroatoms. The van der Waals surface area contributed by atoms with E-state index in [9.17, 15) is 8.42 Å². The Labute approximate surface area is 201 Å². The Morgan fingerprint density at radius 1 is 0.886 bits per heavy atom. The van der Waals surface area contributed by atoms with E-state index in [0.717, 1.165) is 0 Å². The molecule has 5 rings (SSSR count). The molecule has 0 atom stereocenters. The average Bonchev–Trinajstić information content (AvgIpc) is 3.16. The summed E-state index contributed by atoms with van der Waals surface area (Å²) in [5.41, 5.74) is 8.59. The number of methoxy groups -OCH3 is 2. The summed E-state index contributed by atoms with van der Waals surface area (Å²) in [6.07, 6.45) is 1.54. The number of nitrogens with two attached hydrogens (primary N) is 1. The highest BCUT2D eigenvalue weighted by Gasteiger charge is 2.30. The second kappa shape index (κ2) is 8.73. The summed E-state index contributed by atoms with van der Waals surface area (Å²) in [5.74, 6) is 1.04. The van der Waals surface area contributed by atoms with Crippen molar-refractivity contribution in [3.8, 4) is 11.5 Å². The standard InChI is InChI=1S/C25H21N5O4S/c1-33-17-11-13-18(14-12-17)35(31,32)23-22-25(29-20-9-5-4-8-19(20)28-22)30(24(23)26)27-15-16-7-3-6-10-21(16)34-2/h3-15H,26H2,1-2H3/b27-15+. The lowest BCUT2D eigenvalue weighted by Crippen LogP contribution is -2.06. The van der Waals surface area contributed by atoms with Crippen molar-refractivity contribution in [1.29, 1.82) is 0 Å². The van der Waals surface area contributed by atoms with Crippen molar-refractivity contribution in [2.24, 2.45) is 5.10 Å². The lowest BCUT2D eigenvalue weighted by molar-refractivity contribution is 0.414. The molecule has 0 aliphatic carbocycles. The zero-order valence-corrected chi connectivity index (χ0v) is 19.7. The molecule has 3 aromatic carbocycles. The first-order valence-electron chi connectivity index (χ1n) is 10.6. The molecular formula is C25H21N5O4S. The molecule has 0 aliphatic rings. The van der Waals surface area contributed by atoms with E-state index in [0.29, 0.717) is 28.1 Å². The number of para-hydroxylation sites is 3. The number of fused-ring (bicyclic) bond motifs is 2. The van der Waals surface area contributed by atoms with Gasteiger partial charge in [0.05, 0.1) is 36.4 Å². The number of benzene rings is 3. The molecule has 0 aliphatic heterocycles. The van der Waals surface area contributed by atoms with E-state index in [2.05, 4.69) is 15.1 Å². The smallest absolute Gasteiger partial charge is 0.212 e. The van der Waals surface area contributed by atoms with Crippen molar-refractivity contribution >= 4 is 44.1 Å². The van der Waals surface area contributed by atoms with Crippen molar-refractivity contribution < 1.29 is 17.9 Å². The van der Waals surface area contributed by atoms with E-state index in [1.807, 2.05) is 24.3 Å². The van der Waals surface area contributed by atoms with Gasteiger partial charge in [-0.15, -0.1) is 0 Å². The summed E-state index contributed by atoms with van der Waals surface area (Å²) in [4.78, 5) is 9.14. The van der Waals surface area contributed by atoms with Crippen LogP contribution in [-0.4, -0.2) is 43.5 Å². The normalized spacial score (nSPS) is 11.9. The largest absolute Gasteiger partial charge is 0.497 e. The minimum Gasteiger partial charge on any atom is -0.497 e. The number of rotatable bonds is 6. The molecule has 9 nitrogen and oxygen atoms in total. The van der Waals surface area contributed by atoms with Crippen molar-refractivity contribution in [1.82, 2.24) is 14.6 Å². The monoisotopic (exact) mass is 487 g/mol. The van der Waals surface area contributed by atoms with Gasteiger partial charge in [0.1, 0.15) is 27.7 Å². The van der Waals surface area contributed by atoms with Crippen LogP contribution >= 0.6 is 0 Å². The third kappa shape index (κ3) is 3.83. The maximum atomic E-state index is 13.7. The van der Waals surface area contributed by atoms with E-state index in [1.165, 1.54) is 30.1 Å². The van der Waals surface area contributed by atoms with Gasteiger partial charge in [-0.1, -0.05) is 24.3 Å². The molecule has 5 aromatic rings. The lowest BCUT2D eigenvalue weighted by Gasteiger charge is -2.06. The predicted octanol–water partition coefficient (Wildman–Crippen LogP) is 3.90. The zero-order chi connectivity index (χ0) is 24.6. The van der Waals surface area contributed by atoms with Crippen LogP contribution in [0.4, 0.5) is 5.82 Å². The topological polar surface area (TPSA) is 122 Å². The molecule has 0 fully saturated rings. The van der Waals surface area contributed by atoms with Crippen LogP contribution in [0.15, 0.2) is 87.7 Å². The molecule has 0 spiro atoms. The van der Waals surface area contributed by atoms with Crippen LogP contribution in [0.3, 0.4) is 0 Å². The number of hydrogen-bond acceptors (Lipinski definition) is 8. The highest BCUT2D eigenvalue weighted by Crippen LogP contribution is 2.35. The van der Waals surface area contributed by atoms with Crippen molar-refractivity contribution in [3.05, 3.63) is 78.4 Å². The SMILES string of the molecule is COc1ccc(S(=O)(=O)c2c(N)n(/N=C/c3ccccc3OC)c3nc4ccccc4nc23)cc1. The summed E-state index contributed by atoms with van der Waals surface area (Å²) in [6, 6.07) is 20.5. The van der Waals surface area contributed by atoms with Crippen molar-refractivity contribution in [3.63, 3.8) is 0 Å². The van der Waals surface area contributed by atoms with Crippen LogP contribution in [0.25, 0.3) is 22.2 Å². The minimum atomic E-state index is -4.07. The first kappa shape index (κ1) is 22.4. The van der Waals surface area contributed by atoms with E-state index in [-0.39, 0.29) is 26.8 Å². The van der Waals surface area contributed by atoms with E-state index >= 15 is 0 Å². The molecule has 0 saturated carbocycles. The minimum absolute atomic E-state index is 0.0488. The zero-order valence-electron chi connectivity index (χ0n) is 18.9. The number of ether oxygens (including phenoxy) is 2. The first-order chi connectivity index (χ1) is 16.9. The van der Waals surface area contributed by atoms with Crippen molar-refractivity contribution in [2.45, 2.75) is 9.79 Å². The summed E-state index contributed by atoms with van der Waals surface area (Å²) in [6.45, 7) is 0. The Bertz CT molecular complexity index is 1690. The summed E-state index contributed by atoms with van der Waals surface area (Å²) >= 11 is 0. The van der Waals surface area contributed by atoms with Gasteiger partial charge in [-0.3, -0.25) is 0 Å². The van der Waals surface area contributed by atoms with Gasteiger partial charge < -0.3 is 15.2 Å². The van der Waals surface area contributed by atoms with Crippen LogP contribution in [0.1, 0.15) is 5.56 Å². The fraction of sp³-hybridized carbons (Fsp3) is 0.0800. The fourth-order valence-corrected chi connectivity index (χ4v) is 5.25. The molecule has 2 aromatic heterocycles. The molecule has 0 saturated heterocycles.